The predicted molar refractivity (Wildman–Crippen MR) is 66.1 cm³/mol. The fourth-order valence-corrected chi connectivity index (χ4v) is 2.32. The van der Waals surface area contributed by atoms with Crippen LogP contribution in [0.4, 0.5) is 17.6 Å². The summed E-state index contributed by atoms with van der Waals surface area (Å²) in [5, 5.41) is 12.0. The van der Waals surface area contributed by atoms with Crippen molar-refractivity contribution in [1.29, 1.82) is 0 Å². The number of carbonyl (C=O) groups is 1. The van der Waals surface area contributed by atoms with Crippen LogP contribution in [0.15, 0.2) is 18.2 Å². The van der Waals surface area contributed by atoms with Gasteiger partial charge in [0.2, 0.25) is 0 Å². The molecule has 0 spiro atoms. The van der Waals surface area contributed by atoms with Gasteiger partial charge in [0, 0.05) is 26.2 Å². The fraction of sp³-hybridized carbons (Fsp3) is 0.462. The molecular formula is C13H14F4N2O2. The van der Waals surface area contributed by atoms with E-state index in [-0.39, 0.29) is 18.7 Å². The predicted octanol–water partition coefficient (Wildman–Crippen LogP) is 1.70. The van der Waals surface area contributed by atoms with Crippen LogP contribution in [-0.4, -0.2) is 41.7 Å². The largest absolute Gasteiger partial charge is 0.480 e. The molecule has 0 radical (unpaired) electrons. The van der Waals surface area contributed by atoms with Crippen LogP contribution < -0.4 is 5.32 Å². The molecule has 2 rings (SSSR count). The maximum atomic E-state index is 13.3. The topological polar surface area (TPSA) is 52.6 Å². The zero-order chi connectivity index (χ0) is 15.6. The van der Waals surface area contributed by atoms with Crippen molar-refractivity contribution < 1.29 is 27.5 Å². The van der Waals surface area contributed by atoms with Crippen LogP contribution in [0.25, 0.3) is 0 Å². The zero-order valence-corrected chi connectivity index (χ0v) is 11.0. The van der Waals surface area contributed by atoms with Gasteiger partial charge in [-0.3, -0.25) is 9.69 Å². The summed E-state index contributed by atoms with van der Waals surface area (Å²) in [6.45, 7) is 1.07. The highest BCUT2D eigenvalue weighted by atomic mass is 19.4. The molecule has 1 fully saturated rings. The molecule has 1 aliphatic heterocycles. The summed E-state index contributed by atoms with van der Waals surface area (Å²) in [6.07, 6.45) is -4.63. The van der Waals surface area contributed by atoms with Crippen LogP contribution in [0.1, 0.15) is 11.1 Å². The Bertz CT molecular complexity index is 533. The van der Waals surface area contributed by atoms with E-state index in [2.05, 4.69) is 5.32 Å². The number of carboxylic acid groups (broad SMARTS) is 1. The Kier molecular flexibility index (Phi) is 4.48. The molecule has 1 aromatic carbocycles. The monoisotopic (exact) mass is 306 g/mol. The molecule has 2 N–H and O–H groups in total. The van der Waals surface area contributed by atoms with Crippen molar-refractivity contribution >= 4 is 5.97 Å². The Morgan fingerprint density at radius 1 is 1.38 bits per heavy atom. The number of halogens is 4. The number of nitrogens with zero attached hydrogens (tertiary/aromatic N) is 1. The second-order valence-electron chi connectivity index (χ2n) is 4.87. The minimum absolute atomic E-state index is 0.0422. The van der Waals surface area contributed by atoms with Gasteiger partial charge in [-0.25, -0.2) is 4.39 Å². The van der Waals surface area contributed by atoms with Crippen LogP contribution >= 0.6 is 0 Å². The molecule has 1 saturated heterocycles. The molecule has 1 aliphatic rings. The first kappa shape index (κ1) is 15.7. The summed E-state index contributed by atoms with van der Waals surface area (Å²) in [5.74, 6) is -2.04. The first-order valence-corrected chi connectivity index (χ1v) is 6.31. The Morgan fingerprint density at radius 3 is 2.71 bits per heavy atom. The molecule has 4 nitrogen and oxygen atoms in total. The normalized spacial score (nSPS) is 20.5. The van der Waals surface area contributed by atoms with Gasteiger partial charge in [0.25, 0.3) is 0 Å². The first-order chi connectivity index (χ1) is 9.77. The molecule has 1 aromatic rings. The number of hydrogen-bond donors (Lipinski definition) is 2. The van der Waals surface area contributed by atoms with Crippen LogP contribution in [0, 0.1) is 5.82 Å². The van der Waals surface area contributed by atoms with Crippen molar-refractivity contribution in [3.8, 4) is 0 Å². The number of rotatable bonds is 3. The molecule has 0 bridgehead atoms. The van der Waals surface area contributed by atoms with Crippen LogP contribution in [0.3, 0.4) is 0 Å². The standard InChI is InChI=1S/C13H14F4N2O2/c14-10-4-8(3-9(5-10)13(15,16)17)7-19-2-1-18-6-11(19)12(20)21/h3-5,11,18H,1-2,6-7H2,(H,20,21). The van der Waals surface area contributed by atoms with Crippen LogP contribution in [0.2, 0.25) is 0 Å². The van der Waals surface area contributed by atoms with Gasteiger partial charge < -0.3 is 10.4 Å². The third-order valence-electron chi connectivity index (χ3n) is 3.31. The first-order valence-electron chi connectivity index (χ1n) is 6.31. The van der Waals surface area contributed by atoms with Gasteiger partial charge in [0.05, 0.1) is 5.56 Å². The van der Waals surface area contributed by atoms with Gasteiger partial charge in [-0.05, 0) is 23.8 Å². The van der Waals surface area contributed by atoms with E-state index in [1.165, 1.54) is 4.90 Å². The van der Waals surface area contributed by atoms with Crippen LogP contribution in [0.5, 0.6) is 0 Å². The smallest absolute Gasteiger partial charge is 0.416 e. The molecule has 8 heteroatoms. The molecule has 0 aromatic heterocycles. The minimum atomic E-state index is -4.63. The molecule has 0 amide bonds. The number of hydrogen-bond acceptors (Lipinski definition) is 3. The van der Waals surface area contributed by atoms with Gasteiger partial charge in [-0.1, -0.05) is 0 Å². The van der Waals surface area contributed by atoms with Gasteiger partial charge in [-0.15, -0.1) is 0 Å². The van der Waals surface area contributed by atoms with Gasteiger partial charge in [0.15, 0.2) is 0 Å². The zero-order valence-electron chi connectivity index (χ0n) is 11.0. The quantitative estimate of drug-likeness (QED) is 0.835. The van der Waals surface area contributed by atoms with E-state index in [1.807, 2.05) is 0 Å². The highest BCUT2D eigenvalue weighted by Crippen LogP contribution is 2.30. The number of aliphatic carboxylic acids is 1. The fourth-order valence-electron chi connectivity index (χ4n) is 2.32. The van der Waals surface area contributed by atoms with Crippen molar-refractivity contribution in [3.63, 3.8) is 0 Å². The molecule has 0 saturated carbocycles. The van der Waals surface area contributed by atoms with Crippen LogP contribution in [-0.2, 0) is 17.5 Å². The average Bonchev–Trinajstić information content (AvgIpc) is 2.37. The summed E-state index contributed by atoms with van der Waals surface area (Å²) in [4.78, 5) is 12.6. The van der Waals surface area contributed by atoms with E-state index >= 15 is 0 Å². The second kappa shape index (κ2) is 5.98. The maximum Gasteiger partial charge on any atom is 0.416 e. The van der Waals surface area contributed by atoms with E-state index in [9.17, 15) is 22.4 Å². The Morgan fingerprint density at radius 2 is 2.10 bits per heavy atom. The third-order valence-corrected chi connectivity index (χ3v) is 3.31. The molecule has 1 unspecified atom stereocenters. The maximum absolute atomic E-state index is 13.3. The summed E-state index contributed by atoms with van der Waals surface area (Å²) in [6, 6.07) is 1.44. The van der Waals surface area contributed by atoms with Gasteiger partial charge >= 0.3 is 12.1 Å². The third kappa shape index (κ3) is 3.92. The van der Waals surface area contributed by atoms with E-state index in [0.29, 0.717) is 19.2 Å². The SMILES string of the molecule is O=C(O)C1CNCCN1Cc1cc(F)cc(C(F)(F)F)c1. The molecule has 1 heterocycles. The molecule has 1 atom stereocenters. The van der Waals surface area contributed by atoms with E-state index in [0.717, 1.165) is 12.1 Å². The van der Waals surface area contributed by atoms with Crippen molar-refractivity contribution in [2.45, 2.75) is 18.8 Å². The number of benzene rings is 1. The van der Waals surface area contributed by atoms with Gasteiger partial charge in [0.1, 0.15) is 11.9 Å². The number of nitrogens with one attached hydrogen (secondary N) is 1. The lowest BCUT2D eigenvalue weighted by Crippen LogP contribution is -2.54. The number of piperazine rings is 1. The van der Waals surface area contributed by atoms with Crippen molar-refractivity contribution in [2.75, 3.05) is 19.6 Å². The molecule has 0 aliphatic carbocycles. The summed E-state index contributed by atoms with van der Waals surface area (Å²) in [5.41, 5.74) is -0.963. The van der Waals surface area contributed by atoms with Gasteiger partial charge in [-0.2, -0.15) is 13.2 Å². The summed E-state index contributed by atoms with van der Waals surface area (Å²) >= 11 is 0. The van der Waals surface area contributed by atoms with E-state index < -0.39 is 29.6 Å². The van der Waals surface area contributed by atoms with Crippen molar-refractivity contribution in [3.05, 3.63) is 35.1 Å². The number of carboxylic acids is 1. The lowest BCUT2D eigenvalue weighted by atomic mass is 10.1. The molecule has 21 heavy (non-hydrogen) atoms. The second-order valence-corrected chi connectivity index (χ2v) is 4.87. The lowest BCUT2D eigenvalue weighted by Gasteiger charge is -2.33. The lowest BCUT2D eigenvalue weighted by molar-refractivity contribution is -0.144. The van der Waals surface area contributed by atoms with Crippen molar-refractivity contribution in [2.24, 2.45) is 0 Å². The summed E-state index contributed by atoms with van der Waals surface area (Å²) < 4.78 is 51.3. The Hall–Kier alpha value is -1.67. The molecule has 116 valence electrons. The molecular weight excluding hydrogens is 292 g/mol. The van der Waals surface area contributed by atoms with E-state index in [4.69, 9.17) is 5.11 Å². The van der Waals surface area contributed by atoms with Crippen molar-refractivity contribution in [1.82, 2.24) is 10.2 Å². The number of alkyl halides is 3. The Balaban J connectivity index is 2.22. The van der Waals surface area contributed by atoms with E-state index in [1.54, 1.807) is 0 Å². The highest BCUT2D eigenvalue weighted by Gasteiger charge is 2.32. The average molecular weight is 306 g/mol. The highest BCUT2D eigenvalue weighted by molar-refractivity contribution is 5.74. The minimum Gasteiger partial charge on any atom is -0.480 e. The Labute approximate surface area is 118 Å². The summed E-state index contributed by atoms with van der Waals surface area (Å²) in [7, 11) is 0.